The number of anilines is 3. The van der Waals surface area contributed by atoms with Crippen LogP contribution in [0.5, 0.6) is 5.75 Å². The first-order valence-electron chi connectivity index (χ1n) is 12.1. The molecule has 3 N–H and O–H groups in total. The Hall–Kier alpha value is -4.11. The Bertz CT molecular complexity index is 1470. The number of hydrogen-bond acceptors (Lipinski definition) is 7. The average Bonchev–Trinajstić information content (AvgIpc) is 3.48. The average molecular weight is 485 g/mol. The highest BCUT2D eigenvalue weighted by Crippen LogP contribution is 2.38. The van der Waals surface area contributed by atoms with Crippen molar-refractivity contribution in [3.63, 3.8) is 0 Å². The molecule has 0 spiro atoms. The van der Waals surface area contributed by atoms with Crippen molar-refractivity contribution in [1.82, 2.24) is 19.9 Å². The van der Waals surface area contributed by atoms with E-state index in [1.807, 2.05) is 42.1 Å². The van der Waals surface area contributed by atoms with Gasteiger partial charge in [-0.1, -0.05) is 6.07 Å². The van der Waals surface area contributed by atoms with E-state index < -0.39 is 0 Å². The number of fused-ring (bicyclic) bond motifs is 2. The van der Waals surface area contributed by atoms with Crippen LogP contribution in [0, 0.1) is 0 Å². The Kier molecular flexibility index (Phi) is 5.49. The summed E-state index contributed by atoms with van der Waals surface area (Å²) in [6.07, 6.45) is 6.79. The molecule has 184 valence electrons. The zero-order valence-corrected chi connectivity index (χ0v) is 20.3. The molecule has 0 bridgehead atoms. The van der Waals surface area contributed by atoms with Gasteiger partial charge in [0.2, 0.25) is 0 Å². The Morgan fingerprint density at radius 1 is 1.14 bits per heavy atom. The molecule has 2 aliphatic heterocycles. The summed E-state index contributed by atoms with van der Waals surface area (Å²) in [7, 11) is 3.61. The highest BCUT2D eigenvalue weighted by atomic mass is 16.5. The summed E-state index contributed by atoms with van der Waals surface area (Å²) in [6.45, 7) is 1.97. The number of ether oxygens (including phenoxy) is 1. The maximum atomic E-state index is 12.9. The molecule has 9 heteroatoms. The van der Waals surface area contributed by atoms with Crippen molar-refractivity contribution in [3.8, 4) is 16.9 Å². The van der Waals surface area contributed by atoms with Gasteiger partial charge in [-0.3, -0.25) is 4.79 Å². The number of carbonyl (C=O) groups is 1. The Morgan fingerprint density at radius 3 is 2.78 bits per heavy atom. The van der Waals surface area contributed by atoms with E-state index in [-0.39, 0.29) is 12.0 Å². The van der Waals surface area contributed by atoms with E-state index in [1.54, 1.807) is 19.5 Å². The molecule has 0 saturated carbocycles. The van der Waals surface area contributed by atoms with Crippen LogP contribution in [0.3, 0.4) is 0 Å². The van der Waals surface area contributed by atoms with Gasteiger partial charge in [-0.05, 0) is 47.7 Å². The van der Waals surface area contributed by atoms with Gasteiger partial charge in [0, 0.05) is 50.5 Å². The van der Waals surface area contributed by atoms with Gasteiger partial charge in [0.25, 0.3) is 5.91 Å². The minimum Gasteiger partial charge on any atom is -0.494 e. The number of aromatic nitrogens is 3. The molecule has 1 fully saturated rings. The molecule has 1 saturated heterocycles. The van der Waals surface area contributed by atoms with E-state index in [0.29, 0.717) is 29.4 Å². The summed E-state index contributed by atoms with van der Waals surface area (Å²) in [4.78, 5) is 24.2. The predicted molar refractivity (Wildman–Crippen MR) is 139 cm³/mol. The molecule has 9 nitrogen and oxygen atoms in total. The van der Waals surface area contributed by atoms with E-state index in [2.05, 4.69) is 31.6 Å². The number of rotatable bonds is 5. The number of hydrogen-bond donors (Lipinski definition) is 3. The van der Waals surface area contributed by atoms with Crippen LogP contribution in [0.4, 0.5) is 17.2 Å². The molecule has 0 unspecified atom stereocenters. The molecule has 2 aliphatic rings. The normalized spacial score (nSPS) is 15.8. The third-order valence-corrected chi connectivity index (χ3v) is 7.16. The lowest BCUT2D eigenvalue weighted by Crippen LogP contribution is -2.36. The van der Waals surface area contributed by atoms with E-state index >= 15 is 0 Å². The Balaban J connectivity index is 1.35. The van der Waals surface area contributed by atoms with E-state index in [1.165, 1.54) is 0 Å². The van der Waals surface area contributed by atoms with Crippen LogP contribution in [-0.2, 0) is 13.6 Å². The number of piperidine rings is 1. The summed E-state index contributed by atoms with van der Waals surface area (Å²) >= 11 is 0. The van der Waals surface area contributed by atoms with Crippen molar-refractivity contribution >= 4 is 34.1 Å². The summed E-state index contributed by atoms with van der Waals surface area (Å²) < 4.78 is 7.66. The minimum absolute atomic E-state index is 0.108. The fourth-order valence-corrected chi connectivity index (χ4v) is 5.25. The van der Waals surface area contributed by atoms with Crippen LogP contribution < -0.4 is 20.3 Å². The van der Waals surface area contributed by atoms with Crippen LogP contribution in [-0.4, -0.2) is 51.9 Å². The molecule has 4 aromatic rings. The molecule has 6 rings (SSSR count). The first kappa shape index (κ1) is 22.4. The molecule has 5 heterocycles. The quantitative estimate of drug-likeness (QED) is 0.398. The van der Waals surface area contributed by atoms with Crippen LogP contribution in [0.25, 0.3) is 22.2 Å². The number of nitrogens with one attached hydrogen (secondary N) is 2. The number of pyridine rings is 2. The van der Waals surface area contributed by atoms with Gasteiger partial charge in [-0.2, -0.15) is 0 Å². The lowest BCUT2D eigenvalue weighted by molar-refractivity contribution is 0.0966. The number of aliphatic hydroxyl groups excluding tert-OH is 1. The van der Waals surface area contributed by atoms with Crippen molar-refractivity contribution in [1.29, 1.82) is 0 Å². The molecule has 3 aromatic heterocycles. The van der Waals surface area contributed by atoms with Crippen molar-refractivity contribution < 1.29 is 14.6 Å². The number of aliphatic hydroxyl groups is 1. The van der Waals surface area contributed by atoms with Gasteiger partial charge < -0.3 is 29.9 Å². The van der Waals surface area contributed by atoms with Crippen LogP contribution in [0.1, 0.15) is 28.8 Å². The van der Waals surface area contributed by atoms with Gasteiger partial charge in [-0.25, -0.2) is 9.97 Å². The number of aryl methyl sites for hydroxylation is 1. The number of benzene rings is 1. The third-order valence-electron chi connectivity index (χ3n) is 7.16. The highest BCUT2D eigenvalue weighted by Gasteiger charge is 2.27. The first-order chi connectivity index (χ1) is 17.5. The predicted octanol–water partition coefficient (Wildman–Crippen LogP) is 3.59. The summed E-state index contributed by atoms with van der Waals surface area (Å²) in [5.41, 5.74) is 6.15. The fourth-order valence-electron chi connectivity index (χ4n) is 5.25. The second kappa shape index (κ2) is 8.83. The maximum Gasteiger partial charge on any atom is 0.254 e. The second-order valence-corrected chi connectivity index (χ2v) is 9.30. The molecule has 0 aliphatic carbocycles. The number of methoxy groups -OCH3 is 1. The molecule has 0 radical (unpaired) electrons. The van der Waals surface area contributed by atoms with Crippen LogP contribution in [0.15, 0.2) is 48.9 Å². The highest BCUT2D eigenvalue weighted by molar-refractivity contribution is 6.07. The van der Waals surface area contributed by atoms with Gasteiger partial charge in [-0.15, -0.1) is 0 Å². The molecular weight excluding hydrogens is 456 g/mol. The van der Waals surface area contributed by atoms with E-state index in [4.69, 9.17) is 4.74 Å². The van der Waals surface area contributed by atoms with Crippen LogP contribution in [0.2, 0.25) is 0 Å². The van der Waals surface area contributed by atoms with Crippen LogP contribution >= 0.6 is 0 Å². The largest absolute Gasteiger partial charge is 0.494 e. The topological polar surface area (TPSA) is 105 Å². The lowest BCUT2D eigenvalue weighted by atomic mass is 9.94. The van der Waals surface area contributed by atoms with Gasteiger partial charge in [0.1, 0.15) is 17.2 Å². The first-order valence-corrected chi connectivity index (χ1v) is 12.1. The molecule has 1 amide bonds. The fraction of sp³-hybridized carbons (Fsp3) is 0.296. The summed E-state index contributed by atoms with van der Waals surface area (Å²) in [5, 5.41) is 17.2. The number of carbonyl (C=O) groups excluding carboxylic acids is 1. The van der Waals surface area contributed by atoms with Gasteiger partial charge >= 0.3 is 0 Å². The number of nitrogens with zero attached hydrogens (tertiary/aromatic N) is 4. The standard InChI is InChI=1S/C27H28N6O3/c1-32-10-8-19-18(5-9-28-26(19)32)17-3-4-21(25-20(17)14-30-27(25)35)31-24-13-23(36-2)22(15-29-24)33-11-6-16(34)7-12-33/h3-5,8-10,13,15-16,34H,6-7,11-12,14H2,1-2H3,(H,29,31)(H,30,35). The molecular formula is C27H28N6O3. The van der Waals surface area contributed by atoms with Gasteiger partial charge in [0.05, 0.1) is 36.3 Å². The van der Waals surface area contributed by atoms with Crippen molar-refractivity contribution in [3.05, 3.63) is 60.0 Å². The SMILES string of the molecule is COc1cc(Nc2ccc(-c3ccnc4c3ccn4C)c3c2C(=O)NC3)ncc1N1CCC(O)CC1. The molecule has 36 heavy (non-hydrogen) atoms. The van der Waals surface area contributed by atoms with E-state index in [9.17, 15) is 9.90 Å². The third kappa shape index (κ3) is 3.72. The molecule has 1 aromatic carbocycles. The zero-order chi connectivity index (χ0) is 24.8. The van der Waals surface area contributed by atoms with Crippen molar-refractivity contribution in [2.75, 3.05) is 30.4 Å². The summed E-state index contributed by atoms with van der Waals surface area (Å²) in [5.74, 6) is 1.18. The lowest BCUT2D eigenvalue weighted by Gasteiger charge is -2.32. The van der Waals surface area contributed by atoms with Gasteiger partial charge in [0.15, 0.2) is 0 Å². The zero-order valence-electron chi connectivity index (χ0n) is 20.3. The Labute approximate surface area is 208 Å². The smallest absolute Gasteiger partial charge is 0.254 e. The molecule has 0 atom stereocenters. The monoisotopic (exact) mass is 484 g/mol. The Morgan fingerprint density at radius 2 is 1.97 bits per heavy atom. The van der Waals surface area contributed by atoms with Crippen molar-refractivity contribution in [2.45, 2.75) is 25.5 Å². The minimum atomic E-state index is -0.248. The van der Waals surface area contributed by atoms with Crippen molar-refractivity contribution in [2.24, 2.45) is 7.05 Å². The number of amides is 1. The second-order valence-electron chi connectivity index (χ2n) is 9.30. The van der Waals surface area contributed by atoms with E-state index in [0.717, 1.165) is 59.3 Å². The maximum absolute atomic E-state index is 12.9. The summed E-state index contributed by atoms with van der Waals surface area (Å²) in [6, 6.07) is 9.89.